The molecule has 0 saturated carbocycles. The molecule has 1 fully saturated rings. The average Bonchev–Trinajstić information content (AvgIpc) is 2.61. The summed E-state index contributed by atoms with van der Waals surface area (Å²) in [6.07, 6.45) is 3.90. The Bertz CT molecular complexity index is 808. The van der Waals surface area contributed by atoms with Crippen LogP contribution in [0.25, 0.3) is 10.8 Å². The van der Waals surface area contributed by atoms with Gasteiger partial charge in [0.1, 0.15) is 5.60 Å². The number of nitrogens with one attached hydrogen (secondary N) is 1. The maximum Gasteiger partial charge on any atom is 0.410 e. The number of piperazine rings is 1. The molecule has 0 aliphatic carbocycles. The lowest BCUT2D eigenvalue weighted by Gasteiger charge is -2.37. The first-order chi connectivity index (χ1) is 12.4. The number of fused-ring (bicyclic) bond motifs is 1. The van der Waals surface area contributed by atoms with Crippen molar-refractivity contribution in [2.24, 2.45) is 0 Å². The number of benzene rings is 1. The summed E-state index contributed by atoms with van der Waals surface area (Å²) in [5, 5.41) is 4.64. The smallest absolute Gasteiger partial charge is 0.410 e. The zero-order valence-electron chi connectivity index (χ0n) is 15.4. The zero-order valence-corrected chi connectivity index (χ0v) is 15.4. The van der Waals surface area contributed by atoms with Crippen molar-refractivity contribution in [3.8, 4) is 0 Å². The summed E-state index contributed by atoms with van der Waals surface area (Å²) in [6, 6.07) is 5.83. The second kappa shape index (κ2) is 7.19. The molecule has 2 aromatic rings. The Labute approximate surface area is 152 Å². The topological polar surface area (TPSA) is 74.8 Å². The minimum atomic E-state index is -0.487. The number of nitrogens with zero attached hydrogens (tertiary/aromatic N) is 3. The molecule has 2 heterocycles. The molecule has 138 valence electrons. The molecule has 1 N–H and O–H groups in total. The Morgan fingerprint density at radius 1 is 1.15 bits per heavy atom. The van der Waals surface area contributed by atoms with Gasteiger partial charge in [0.25, 0.3) is 0 Å². The number of anilines is 2. The van der Waals surface area contributed by atoms with Crippen molar-refractivity contribution in [1.29, 1.82) is 0 Å². The highest BCUT2D eigenvalue weighted by atomic mass is 16.6. The predicted molar refractivity (Wildman–Crippen MR) is 101 cm³/mol. The van der Waals surface area contributed by atoms with E-state index in [9.17, 15) is 9.59 Å². The van der Waals surface area contributed by atoms with Gasteiger partial charge in [-0.25, -0.2) is 4.79 Å². The molecule has 0 radical (unpaired) electrons. The molecule has 1 saturated heterocycles. The fourth-order valence-corrected chi connectivity index (χ4v) is 3.10. The van der Waals surface area contributed by atoms with Crippen LogP contribution in [0.1, 0.15) is 20.8 Å². The molecule has 1 aliphatic rings. The van der Waals surface area contributed by atoms with E-state index in [4.69, 9.17) is 4.74 Å². The molecule has 3 rings (SSSR count). The molecule has 0 atom stereocenters. The van der Waals surface area contributed by atoms with Crippen LogP contribution in [0.3, 0.4) is 0 Å². The Morgan fingerprint density at radius 3 is 2.54 bits per heavy atom. The Morgan fingerprint density at radius 2 is 1.88 bits per heavy atom. The van der Waals surface area contributed by atoms with Crippen molar-refractivity contribution < 1.29 is 14.3 Å². The second-order valence-corrected chi connectivity index (χ2v) is 7.27. The van der Waals surface area contributed by atoms with E-state index in [0.717, 1.165) is 35.2 Å². The molecule has 1 aliphatic heterocycles. The van der Waals surface area contributed by atoms with Gasteiger partial charge in [-0.3, -0.25) is 9.78 Å². The van der Waals surface area contributed by atoms with Crippen molar-refractivity contribution in [2.75, 3.05) is 36.4 Å². The van der Waals surface area contributed by atoms with E-state index in [1.165, 1.54) is 0 Å². The first-order valence-electron chi connectivity index (χ1n) is 8.69. The summed E-state index contributed by atoms with van der Waals surface area (Å²) < 4.78 is 5.45. The highest BCUT2D eigenvalue weighted by Crippen LogP contribution is 2.32. The van der Waals surface area contributed by atoms with E-state index in [0.29, 0.717) is 19.5 Å². The molecule has 26 heavy (non-hydrogen) atoms. The molecule has 1 aromatic heterocycles. The van der Waals surface area contributed by atoms with Gasteiger partial charge < -0.3 is 19.9 Å². The maximum absolute atomic E-state index is 12.2. The molecular weight excluding hydrogens is 332 g/mol. The van der Waals surface area contributed by atoms with E-state index in [1.807, 2.05) is 39.0 Å². The fraction of sp³-hybridized carbons (Fsp3) is 0.421. The monoisotopic (exact) mass is 356 g/mol. The van der Waals surface area contributed by atoms with Crippen LogP contribution in [0.4, 0.5) is 16.2 Å². The van der Waals surface area contributed by atoms with Gasteiger partial charge in [0.05, 0.1) is 5.69 Å². The highest BCUT2D eigenvalue weighted by molar-refractivity contribution is 6.03. The van der Waals surface area contributed by atoms with Gasteiger partial charge in [0.2, 0.25) is 6.41 Å². The maximum atomic E-state index is 12.2. The summed E-state index contributed by atoms with van der Waals surface area (Å²) in [6.45, 7) is 8.27. The number of carbonyl (C=O) groups is 2. The molecule has 1 aromatic carbocycles. The van der Waals surface area contributed by atoms with Gasteiger partial charge in [-0.1, -0.05) is 0 Å². The van der Waals surface area contributed by atoms with Crippen molar-refractivity contribution >= 4 is 34.7 Å². The molecule has 7 nitrogen and oxygen atoms in total. The third-order valence-corrected chi connectivity index (χ3v) is 4.28. The molecular formula is C19H24N4O3. The quantitative estimate of drug-likeness (QED) is 0.856. The van der Waals surface area contributed by atoms with Gasteiger partial charge in [0.15, 0.2) is 0 Å². The van der Waals surface area contributed by atoms with Gasteiger partial charge in [0, 0.05) is 55.0 Å². The van der Waals surface area contributed by atoms with E-state index >= 15 is 0 Å². The zero-order chi connectivity index (χ0) is 18.7. The first kappa shape index (κ1) is 18.0. The summed E-state index contributed by atoms with van der Waals surface area (Å²) in [5.41, 5.74) is 1.32. The number of hydrogen-bond donors (Lipinski definition) is 1. The Hall–Kier alpha value is -2.83. The number of hydrogen-bond acceptors (Lipinski definition) is 5. The molecule has 0 bridgehead atoms. The van der Waals surface area contributed by atoms with Gasteiger partial charge >= 0.3 is 6.09 Å². The number of pyridine rings is 1. The van der Waals surface area contributed by atoms with Crippen molar-refractivity contribution in [1.82, 2.24) is 9.88 Å². The Balaban J connectivity index is 1.77. The number of rotatable bonds is 3. The minimum Gasteiger partial charge on any atom is -0.444 e. The number of amides is 2. The van der Waals surface area contributed by atoms with E-state index < -0.39 is 5.60 Å². The SMILES string of the molecule is CC(C)(C)OC(=O)N1CCN(c2ccc(NC=O)c3cnccc23)CC1. The number of carbonyl (C=O) groups excluding carboxylic acids is 2. The normalized spacial score (nSPS) is 15.0. The largest absolute Gasteiger partial charge is 0.444 e. The van der Waals surface area contributed by atoms with Crippen LogP contribution in [-0.2, 0) is 9.53 Å². The lowest BCUT2D eigenvalue weighted by Crippen LogP contribution is -2.50. The summed E-state index contributed by atoms with van der Waals surface area (Å²) in [4.78, 5) is 31.2. The van der Waals surface area contributed by atoms with Crippen molar-refractivity contribution in [3.63, 3.8) is 0 Å². The molecule has 2 amide bonds. The lowest BCUT2D eigenvalue weighted by molar-refractivity contribution is -0.105. The average molecular weight is 356 g/mol. The van der Waals surface area contributed by atoms with Crippen LogP contribution in [0.2, 0.25) is 0 Å². The summed E-state index contributed by atoms with van der Waals surface area (Å²) in [7, 11) is 0. The second-order valence-electron chi connectivity index (χ2n) is 7.27. The summed E-state index contributed by atoms with van der Waals surface area (Å²) >= 11 is 0. The van der Waals surface area contributed by atoms with E-state index in [1.54, 1.807) is 17.3 Å². The standard InChI is InChI=1S/C19H24N4O3/c1-19(2,3)26-18(25)23-10-8-22(9-11-23)17-5-4-16(21-13-24)15-12-20-7-6-14(15)17/h4-7,12-13H,8-11H2,1-3H3,(H,21,24). The van der Waals surface area contributed by atoms with E-state index in [-0.39, 0.29) is 6.09 Å². The summed E-state index contributed by atoms with van der Waals surface area (Å²) in [5.74, 6) is 0. The van der Waals surface area contributed by atoms with Crippen LogP contribution in [0.5, 0.6) is 0 Å². The highest BCUT2D eigenvalue weighted by Gasteiger charge is 2.26. The van der Waals surface area contributed by atoms with Crippen LogP contribution in [-0.4, -0.2) is 54.2 Å². The minimum absolute atomic E-state index is 0.267. The Kier molecular flexibility index (Phi) is 4.97. The molecule has 0 spiro atoms. The van der Waals surface area contributed by atoms with Crippen molar-refractivity contribution in [2.45, 2.75) is 26.4 Å². The third-order valence-electron chi connectivity index (χ3n) is 4.28. The van der Waals surface area contributed by atoms with Crippen LogP contribution in [0, 0.1) is 0 Å². The van der Waals surface area contributed by atoms with Crippen LogP contribution in [0.15, 0.2) is 30.6 Å². The lowest BCUT2D eigenvalue weighted by atomic mass is 10.1. The van der Waals surface area contributed by atoms with Gasteiger partial charge in [-0.2, -0.15) is 0 Å². The predicted octanol–water partition coefficient (Wildman–Crippen LogP) is 2.86. The van der Waals surface area contributed by atoms with Crippen molar-refractivity contribution in [3.05, 3.63) is 30.6 Å². The number of aromatic nitrogens is 1. The van der Waals surface area contributed by atoms with Gasteiger partial charge in [-0.05, 0) is 39.0 Å². The molecule has 0 unspecified atom stereocenters. The first-order valence-corrected chi connectivity index (χ1v) is 8.69. The van der Waals surface area contributed by atoms with Crippen LogP contribution >= 0.6 is 0 Å². The molecule has 7 heteroatoms. The number of ether oxygens (including phenoxy) is 1. The van der Waals surface area contributed by atoms with E-state index in [2.05, 4.69) is 15.2 Å². The van der Waals surface area contributed by atoms with Gasteiger partial charge in [-0.15, -0.1) is 0 Å². The fourth-order valence-electron chi connectivity index (χ4n) is 3.10. The third kappa shape index (κ3) is 3.87. The van der Waals surface area contributed by atoms with Crippen LogP contribution < -0.4 is 10.2 Å².